The number of rotatable bonds is 8. The number of hydrogen-bond acceptors (Lipinski definition) is 5. The molecule has 0 unspecified atom stereocenters. The van der Waals surface area contributed by atoms with Crippen LogP contribution in [0.1, 0.15) is 27.3 Å². The van der Waals surface area contributed by atoms with E-state index < -0.39 is 5.82 Å². The molecule has 8 heteroatoms. The molecule has 27 heavy (non-hydrogen) atoms. The van der Waals surface area contributed by atoms with Crippen LogP contribution in [-0.2, 0) is 4.79 Å². The quantitative estimate of drug-likeness (QED) is 0.750. The Labute approximate surface area is 163 Å². The summed E-state index contributed by atoms with van der Waals surface area (Å²) in [6.45, 7) is 4.88. The van der Waals surface area contributed by atoms with Gasteiger partial charge in [0.15, 0.2) is 5.13 Å². The van der Waals surface area contributed by atoms with Crippen molar-refractivity contribution in [3.63, 3.8) is 0 Å². The van der Waals surface area contributed by atoms with Crippen LogP contribution in [0, 0.1) is 19.7 Å². The lowest BCUT2D eigenvalue weighted by Crippen LogP contribution is -2.39. The minimum Gasteiger partial charge on any atom is -0.329 e. The van der Waals surface area contributed by atoms with Crippen LogP contribution in [0.4, 0.5) is 9.52 Å². The van der Waals surface area contributed by atoms with Gasteiger partial charge in [0.1, 0.15) is 12.4 Å². The Hall–Kier alpha value is -2.32. The van der Waals surface area contributed by atoms with Crippen molar-refractivity contribution in [1.29, 1.82) is 0 Å². The highest BCUT2D eigenvalue weighted by atomic mass is 32.1. The maximum absolute atomic E-state index is 13.5. The highest BCUT2D eigenvalue weighted by Gasteiger charge is 2.20. The number of anilines is 1. The van der Waals surface area contributed by atoms with Crippen molar-refractivity contribution in [2.24, 2.45) is 0 Å². The molecular formula is C19H25FN4O2S. The number of benzene rings is 1. The summed E-state index contributed by atoms with van der Waals surface area (Å²) in [4.78, 5) is 34.0. The molecule has 0 aliphatic rings. The third-order valence-corrected chi connectivity index (χ3v) is 4.99. The van der Waals surface area contributed by atoms with Crippen molar-refractivity contribution in [3.05, 3.63) is 46.2 Å². The van der Waals surface area contributed by atoms with Gasteiger partial charge >= 0.3 is 0 Å². The fourth-order valence-electron chi connectivity index (χ4n) is 2.49. The summed E-state index contributed by atoms with van der Waals surface area (Å²) in [6.07, 6.45) is 0.705. The summed E-state index contributed by atoms with van der Waals surface area (Å²) in [7, 11) is 3.89. The number of halogens is 1. The molecule has 0 atom stereocenters. The van der Waals surface area contributed by atoms with E-state index in [1.807, 2.05) is 32.8 Å². The first kappa shape index (κ1) is 21.0. The Kier molecular flexibility index (Phi) is 7.44. The van der Waals surface area contributed by atoms with E-state index in [9.17, 15) is 14.0 Å². The van der Waals surface area contributed by atoms with Gasteiger partial charge in [-0.3, -0.25) is 9.59 Å². The molecule has 0 radical (unpaired) electrons. The number of hydrogen-bond donors (Lipinski definition) is 1. The van der Waals surface area contributed by atoms with Crippen molar-refractivity contribution in [1.82, 2.24) is 14.8 Å². The molecule has 1 N–H and O–H groups in total. The Morgan fingerprint density at radius 2 is 1.96 bits per heavy atom. The summed E-state index contributed by atoms with van der Waals surface area (Å²) >= 11 is 1.40. The zero-order chi connectivity index (χ0) is 20.0. The van der Waals surface area contributed by atoms with Crippen LogP contribution in [0.5, 0.6) is 0 Å². The van der Waals surface area contributed by atoms with Crippen LogP contribution in [0.2, 0.25) is 0 Å². The first-order valence-electron chi connectivity index (χ1n) is 8.69. The second-order valence-electron chi connectivity index (χ2n) is 6.60. The zero-order valence-corrected chi connectivity index (χ0v) is 16.9. The average Bonchev–Trinajstić information content (AvgIpc) is 2.90. The van der Waals surface area contributed by atoms with E-state index in [2.05, 4.69) is 10.3 Å². The Morgan fingerprint density at radius 1 is 1.22 bits per heavy atom. The summed E-state index contributed by atoms with van der Waals surface area (Å²) in [5, 5.41) is 3.26. The molecule has 6 nitrogen and oxygen atoms in total. The highest BCUT2D eigenvalue weighted by Crippen LogP contribution is 2.21. The van der Waals surface area contributed by atoms with E-state index in [1.54, 1.807) is 6.07 Å². The number of thiazole rings is 1. The maximum Gasteiger partial charge on any atom is 0.254 e. The molecular weight excluding hydrogens is 367 g/mol. The van der Waals surface area contributed by atoms with Crippen molar-refractivity contribution in [2.45, 2.75) is 20.3 Å². The molecule has 0 fully saturated rings. The van der Waals surface area contributed by atoms with E-state index in [0.29, 0.717) is 18.1 Å². The second-order valence-corrected chi connectivity index (χ2v) is 7.81. The Bertz CT molecular complexity index is 787. The predicted octanol–water partition coefficient (Wildman–Crippen LogP) is 2.93. The monoisotopic (exact) mass is 392 g/mol. The molecule has 1 aromatic carbocycles. The smallest absolute Gasteiger partial charge is 0.254 e. The maximum atomic E-state index is 13.5. The lowest BCUT2D eigenvalue weighted by atomic mass is 10.2. The van der Waals surface area contributed by atoms with Gasteiger partial charge in [-0.05, 0) is 59.1 Å². The van der Waals surface area contributed by atoms with Gasteiger partial charge in [-0.1, -0.05) is 6.07 Å². The molecule has 0 saturated heterocycles. The van der Waals surface area contributed by atoms with Crippen molar-refractivity contribution < 1.29 is 14.0 Å². The summed E-state index contributed by atoms with van der Waals surface area (Å²) in [5.41, 5.74) is 1.10. The number of nitrogens with zero attached hydrogens (tertiary/aromatic N) is 3. The van der Waals surface area contributed by atoms with Crippen molar-refractivity contribution in [2.75, 3.05) is 39.0 Å². The van der Waals surface area contributed by atoms with E-state index in [-0.39, 0.29) is 23.9 Å². The molecule has 0 aliphatic heterocycles. The first-order chi connectivity index (χ1) is 12.8. The van der Waals surface area contributed by atoms with Gasteiger partial charge in [-0.25, -0.2) is 9.37 Å². The SMILES string of the molecule is Cc1nc(NC(=O)CN(CCCN(C)C)C(=O)c2cccc(F)c2)sc1C. The standard InChI is InChI=1S/C19H25FN4O2S/c1-13-14(2)27-19(21-13)22-17(25)12-24(10-6-9-23(3)4)18(26)15-7-5-8-16(20)11-15/h5,7-8,11H,6,9-10,12H2,1-4H3,(H,21,22,25). The van der Waals surface area contributed by atoms with Gasteiger partial charge in [-0.15, -0.1) is 11.3 Å². The Balaban J connectivity index is 2.08. The summed E-state index contributed by atoms with van der Waals surface area (Å²) < 4.78 is 13.5. The first-order valence-corrected chi connectivity index (χ1v) is 9.51. The number of nitrogens with one attached hydrogen (secondary N) is 1. The van der Waals surface area contributed by atoms with E-state index in [0.717, 1.165) is 17.1 Å². The molecule has 0 saturated carbocycles. The highest BCUT2D eigenvalue weighted by molar-refractivity contribution is 7.15. The number of amides is 2. The third kappa shape index (κ3) is 6.41. The summed E-state index contributed by atoms with van der Waals surface area (Å²) in [6, 6.07) is 5.51. The van der Waals surface area contributed by atoms with Crippen LogP contribution in [0.15, 0.2) is 24.3 Å². The average molecular weight is 392 g/mol. The van der Waals surface area contributed by atoms with Crippen LogP contribution in [-0.4, -0.2) is 60.3 Å². The molecule has 0 aliphatic carbocycles. The van der Waals surface area contributed by atoms with Crippen LogP contribution >= 0.6 is 11.3 Å². The normalized spacial score (nSPS) is 10.9. The molecule has 2 rings (SSSR count). The number of aryl methyl sites for hydroxylation is 2. The molecule has 1 heterocycles. The van der Waals surface area contributed by atoms with Crippen LogP contribution in [0.3, 0.4) is 0 Å². The molecule has 1 aromatic heterocycles. The van der Waals surface area contributed by atoms with E-state index >= 15 is 0 Å². The fraction of sp³-hybridized carbons (Fsp3) is 0.421. The van der Waals surface area contributed by atoms with Gasteiger partial charge in [0.05, 0.1) is 5.69 Å². The molecule has 2 amide bonds. The fourth-order valence-corrected chi connectivity index (χ4v) is 3.32. The van der Waals surface area contributed by atoms with E-state index in [1.165, 1.54) is 34.4 Å². The topological polar surface area (TPSA) is 65.5 Å². The molecule has 0 spiro atoms. The van der Waals surface area contributed by atoms with Gasteiger partial charge in [0, 0.05) is 17.0 Å². The number of carbonyl (C=O) groups is 2. The minimum absolute atomic E-state index is 0.111. The summed E-state index contributed by atoms with van der Waals surface area (Å²) in [5.74, 6) is -1.17. The number of aromatic nitrogens is 1. The number of carbonyl (C=O) groups excluding carboxylic acids is 2. The molecule has 0 bridgehead atoms. The minimum atomic E-state index is -0.479. The van der Waals surface area contributed by atoms with Gasteiger partial charge < -0.3 is 15.1 Å². The lowest BCUT2D eigenvalue weighted by Gasteiger charge is -2.23. The van der Waals surface area contributed by atoms with Crippen LogP contribution < -0.4 is 5.32 Å². The predicted molar refractivity (Wildman–Crippen MR) is 106 cm³/mol. The van der Waals surface area contributed by atoms with Crippen LogP contribution in [0.25, 0.3) is 0 Å². The Morgan fingerprint density at radius 3 is 2.56 bits per heavy atom. The zero-order valence-electron chi connectivity index (χ0n) is 16.1. The van der Waals surface area contributed by atoms with Gasteiger partial charge in [-0.2, -0.15) is 0 Å². The molecule has 146 valence electrons. The van der Waals surface area contributed by atoms with Gasteiger partial charge in [0.25, 0.3) is 5.91 Å². The van der Waals surface area contributed by atoms with Crippen molar-refractivity contribution in [3.8, 4) is 0 Å². The lowest BCUT2D eigenvalue weighted by molar-refractivity contribution is -0.116. The molecule has 2 aromatic rings. The van der Waals surface area contributed by atoms with E-state index in [4.69, 9.17) is 0 Å². The largest absolute Gasteiger partial charge is 0.329 e. The second kappa shape index (κ2) is 9.57. The van der Waals surface area contributed by atoms with Crippen molar-refractivity contribution >= 4 is 28.3 Å². The third-order valence-electron chi connectivity index (χ3n) is 4.00. The van der Waals surface area contributed by atoms with Gasteiger partial charge in [0.2, 0.25) is 5.91 Å².